The van der Waals surface area contributed by atoms with Crippen LogP contribution in [-0.4, -0.2) is 24.1 Å². The molecule has 0 aromatic heterocycles. The van der Waals surface area contributed by atoms with Gasteiger partial charge in [-0.1, -0.05) is 44.2 Å². The Morgan fingerprint density at radius 1 is 1.17 bits per heavy atom. The zero-order chi connectivity index (χ0) is 12.8. The predicted molar refractivity (Wildman–Crippen MR) is 82.4 cm³/mol. The van der Waals surface area contributed by atoms with Crippen LogP contribution in [0.15, 0.2) is 30.3 Å². The topological polar surface area (TPSA) is 12.0 Å². The van der Waals surface area contributed by atoms with Gasteiger partial charge in [0.2, 0.25) is 0 Å². The van der Waals surface area contributed by atoms with Gasteiger partial charge in [-0.25, -0.2) is 0 Å². The number of nitrogens with one attached hydrogen (secondary N) is 1. The second-order valence-electron chi connectivity index (χ2n) is 5.56. The Morgan fingerprint density at radius 2 is 1.83 bits per heavy atom. The van der Waals surface area contributed by atoms with Gasteiger partial charge in [0, 0.05) is 12.6 Å². The highest BCUT2D eigenvalue weighted by Gasteiger charge is 2.18. The van der Waals surface area contributed by atoms with Crippen LogP contribution in [0.25, 0.3) is 0 Å². The highest BCUT2D eigenvalue weighted by molar-refractivity contribution is 7.99. The largest absolute Gasteiger partial charge is 0.313 e. The number of rotatable bonds is 5. The molecule has 1 unspecified atom stereocenters. The van der Waals surface area contributed by atoms with E-state index in [1.807, 2.05) is 0 Å². The van der Waals surface area contributed by atoms with Gasteiger partial charge >= 0.3 is 0 Å². The van der Waals surface area contributed by atoms with E-state index in [1.54, 1.807) is 0 Å². The number of hydrogen-bond acceptors (Lipinski definition) is 2. The molecule has 0 spiro atoms. The van der Waals surface area contributed by atoms with Gasteiger partial charge in [0.15, 0.2) is 0 Å². The average Bonchev–Trinajstić information content (AvgIpc) is 2.41. The Bertz CT molecular complexity index is 330. The molecular formula is C16H25NS. The summed E-state index contributed by atoms with van der Waals surface area (Å²) in [5.74, 6) is 3.99. The van der Waals surface area contributed by atoms with Crippen molar-refractivity contribution in [2.45, 2.75) is 38.6 Å². The minimum atomic E-state index is 0.640. The fourth-order valence-electron chi connectivity index (χ4n) is 2.63. The minimum Gasteiger partial charge on any atom is -0.313 e. The van der Waals surface area contributed by atoms with E-state index >= 15 is 0 Å². The lowest BCUT2D eigenvalue weighted by Gasteiger charge is -2.27. The molecule has 1 aliphatic heterocycles. The molecule has 1 atom stereocenters. The van der Waals surface area contributed by atoms with E-state index in [1.165, 1.54) is 29.9 Å². The van der Waals surface area contributed by atoms with E-state index in [2.05, 4.69) is 61.3 Å². The summed E-state index contributed by atoms with van der Waals surface area (Å²) < 4.78 is 0. The highest BCUT2D eigenvalue weighted by Crippen LogP contribution is 2.24. The third kappa shape index (κ3) is 4.03. The Hall–Kier alpha value is -0.470. The molecule has 100 valence electrons. The summed E-state index contributed by atoms with van der Waals surface area (Å²) in [4.78, 5) is 0. The van der Waals surface area contributed by atoms with Crippen molar-refractivity contribution < 1.29 is 0 Å². The highest BCUT2D eigenvalue weighted by atomic mass is 32.2. The van der Waals surface area contributed by atoms with Crippen molar-refractivity contribution in [1.82, 2.24) is 5.32 Å². The molecule has 1 aromatic carbocycles. The van der Waals surface area contributed by atoms with Crippen molar-refractivity contribution in [2.24, 2.45) is 5.92 Å². The molecule has 1 fully saturated rings. The summed E-state index contributed by atoms with van der Waals surface area (Å²) in [6.45, 7) is 5.78. The lowest BCUT2D eigenvalue weighted by atomic mass is 9.88. The van der Waals surface area contributed by atoms with E-state index in [4.69, 9.17) is 0 Å². The Balaban J connectivity index is 1.90. The van der Waals surface area contributed by atoms with Crippen LogP contribution < -0.4 is 5.32 Å². The first-order valence-electron chi connectivity index (χ1n) is 7.13. The van der Waals surface area contributed by atoms with E-state index in [0.717, 1.165) is 12.6 Å². The molecule has 0 saturated carbocycles. The maximum atomic E-state index is 3.79. The molecule has 0 radical (unpaired) electrons. The van der Waals surface area contributed by atoms with Gasteiger partial charge in [0.25, 0.3) is 0 Å². The van der Waals surface area contributed by atoms with Crippen molar-refractivity contribution in [1.29, 1.82) is 0 Å². The first-order chi connectivity index (χ1) is 8.77. The van der Waals surface area contributed by atoms with Gasteiger partial charge in [0.05, 0.1) is 0 Å². The molecule has 1 aromatic rings. The zero-order valence-corrected chi connectivity index (χ0v) is 12.4. The van der Waals surface area contributed by atoms with Crippen LogP contribution in [0.2, 0.25) is 0 Å². The first-order valence-corrected chi connectivity index (χ1v) is 8.29. The van der Waals surface area contributed by atoms with Gasteiger partial charge < -0.3 is 5.32 Å². The Labute approximate surface area is 116 Å². The summed E-state index contributed by atoms with van der Waals surface area (Å²) >= 11 is 2.10. The SMILES string of the molecule is CC(C)C(CNC1CCSCC1)c1ccccc1. The molecule has 1 heterocycles. The third-order valence-corrected chi connectivity index (χ3v) is 4.93. The Morgan fingerprint density at radius 3 is 2.44 bits per heavy atom. The second kappa shape index (κ2) is 7.20. The molecule has 2 heteroatoms. The number of hydrogen-bond donors (Lipinski definition) is 1. The lowest BCUT2D eigenvalue weighted by Crippen LogP contribution is -2.36. The van der Waals surface area contributed by atoms with Crippen LogP contribution in [-0.2, 0) is 0 Å². The van der Waals surface area contributed by atoms with E-state index in [9.17, 15) is 0 Å². The van der Waals surface area contributed by atoms with E-state index < -0.39 is 0 Å². The summed E-state index contributed by atoms with van der Waals surface area (Å²) in [7, 11) is 0. The summed E-state index contributed by atoms with van der Waals surface area (Å²) in [5.41, 5.74) is 1.48. The van der Waals surface area contributed by atoms with Crippen molar-refractivity contribution in [2.75, 3.05) is 18.1 Å². The predicted octanol–water partition coefficient (Wildman–Crippen LogP) is 3.91. The molecule has 0 aliphatic carbocycles. The van der Waals surface area contributed by atoms with Crippen LogP contribution in [0, 0.1) is 5.92 Å². The van der Waals surface area contributed by atoms with Crippen LogP contribution in [0.5, 0.6) is 0 Å². The van der Waals surface area contributed by atoms with E-state index in [-0.39, 0.29) is 0 Å². The number of benzene rings is 1. The second-order valence-corrected chi connectivity index (χ2v) is 6.78. The lowest BCUT2D eigenvalue weighted by molar-refractivity contribution is 0.408. The molecule has 1 aliphatic rings. The fourth-order valence-corrected chi connectivity index (χ4v) is 3.74. The normalized spacial score (nSPS) is 19.1. The molecule has 1 saturated heterocycles. The van der Waals surface area contributed by atoms with Crippen LogP contribution in [0.4, 0.5) is 0 Å². The van der Waals surface area contributed by atoms with Gasteiger partial charge in [-0.2, -0.15) is 11.8 Å². The molecule has 0 amide bonds. The van der Waals surface area contributed by atoms with Crippen molar-refractivity contribution >= 4 is 11.8 Å². The smallest absolute Gasteiger partial charge is 0.00830 e. The molecule has 2 rings (SSSR count). The Kier molecular flexibility index (Phi) is 5.58. The van der Waals surface area contributed by atoms with Crippen molar-refractivity contribution in [3.63, 3.8) is 0 Å². The quantitative estimate of drug-likeness (QED) is 0.864. The van der Waals surface area contributed by atoms with Gasteiger partial charge in [0.1, 0.15) is 0 Å². The van der Waals surface area contributed by atoms with Crippen LogP contribution >= 0.6 is 11.8 Å². The molecule has 18 heavy (non-hydrogen) atoms. The zero-order valence-electron chi connectivity index (χ0n) is 11.6. The van der Waals surface area contributed by atoms with Crippen molar-refractivity contribution in [3.05, 3.63) is 35.9 Å². The maximum absolute atomic E-state index is 3.79. The average molecular weight is 263 g/mol. The third-order valence-electron chi connectivity index (χ3n) is 3.88. The first kappa shape index (κ1) is 14.0. The van der Waals surface area contributed by atoms with Crippen molar-refractivity contribution in [3.8, 4) is 0 Å². The molecule has 1 nitrogen and oxygen atoms in total. The monoisotopic (exact) mass is 263 g/mol. The molecular weight excluding hydrogens is 238 g/mol. The summed E-state index contributed by atoms with van der Waals surface area (Å²) in [6.07, 6.45) is 2.68. The van der Waals surface area contributed by atoms with Crippen LogP contribution in [0.1, 0.15) is 38.2 Å². The number of thioether (sulfide) groups is 1. The summed E-state index contributed by atoms with van der Waals surface area (Å²) in [5, 5.41) is 3.79. The summed E-state index contributed by atoms with van der Waals surface area (Å²) in [6, 6.07) is 11.7. The minimum absolute atomic E-state index is 0.640. The maximum Gasteiger partial charge on any atom is 0.00830 e. The fraction of sp³-hybridized carbons (Fsp3) is 0.625. The van der Waals surface area contributed by atoms with E-state index in [0.29, 0.717) is 11.8 Å². The van der Waals surface area contributed by atoms with Crippen LogP contribution in [0.3, 0.4) is 0 Å². The van der Waals surface area contributed by atoms with Gasteiger partial charge in [-0.3, -0.25) is 0 Å². The molecule has 0 bridgehead atoms. The molecule has 1 N–H and O–H groups in total. The van der Waals surface area contributed by atoms with Gasteiger partial charge in [-0.05, 0) is 41.7 Å². The van der Waals surface area contributed by atoms with Gasteiger partial charge in [-0.15, -0.1) is 0 Å². The standard InChI is InChI=1S/C16H25NS/c1-13(2)16(14-6-4-3-5-7-14)12-17-15-8-10-18-11-9-15/h3-7,13,15-17H,8-12H2,1-2H3.